The van der Waals surface area contributed by atoms with Crippen molar-refractivity contribution in [3.05, 3.63) is 78.9 Å². The van der Waals surface area contributed by atoms with E-state index >= 15 is 0 Å². The number of amides is 3. The molecular weight excluding hydrogens is 522 g/mol. The zero-order valence-electron chi connectivity index (χ0n) is 23.1. The van der Waals surface area contributed by atoms with Crippen LogP contribution in [0.3, 0.4) is 0 Å². The summed E-state index contributed by atoms with van der Waals surface area (Å²) < 4.78 is 11.0. The van der Waals surface area contributed by atoms with Gasteiger partial charge in [0.05, 0.1) is 20.1 Å². The van der Waals surface area contributed by atoms with Crippen LogP contribution < -0.4 is 25.0 Å². The second kappa shape index (κ2) is 13.2. The molecule has 10 heteroatoms. The number of benzene rings is 3. The molecule has 0 bridgehead atoms. The van der Waals surface area contributed by atoms with Gasteiger partial charge in [-0.1, -0.05) is 18.2 Å². The Morgan fingerprint density at radius 2 is 1.51 bits per heavy atom. The Hall–Kier alpha value is -4.57. The standard InChI is InChI=1S/C31H35N5O5/c1-40-25-13-9-24(10-14-25)35-19-17-34(18-20-35)22-30(38)36-16-15-32-31(39)28(36)21-29(37)33-23-7-11-27(12-8-23)41-26-5-3-2-4-6-26/h2-14,28H,15-22H2,1H3,(H,32,39)(H,33,37)/t28-/m0/s1. The molecule has 2 aliphatic heterocycles. The van der Waals surface area contributed by atoms with Crippen molar-refractivity contribution in [2.24, 2.45) is 0 Å². The van der Waals surface area contributed by atoms with Gasteiger partial charge < -0.3 is 29.9 Å². The van der Waals surface area contributed by atoms with Crippen LogP contribution in [0.15, 0.2) is 78.9 Å². The third kappa shape index (κ3) is 7.34. The summed E-state index contributed by atoms with van der Waals surface area (Å²) in [6, 6.07) is 23.5. The maximum absolute atomic E-state index is 13.3. The molecule has 10 nitrogen and oxygen atoms in total. The number of methoxy groups -OCH3 is 1. The van der Waals surface area contributed by atoms with Gasteiger partial charge in [0.15, 0.2) is 0 Å². The van der Waals surface area contributed by atoms with E-state index in [9.17, 15) is 14.4 Å². The minimum Gasteiger partial charge on any atom is -0.497 e. The number of carbonyl (C=O) groups excluding carboxylic acids is 3. The molecule has 3 aromatic rings. The van der Waals surface area contributed by atoms with E-state index in [2.05, 4.69) is 20.4 Å². The largest absolute Gasteiger partial charge is 0.497 e. The summed E-state index contributed by atoms with van der Waals surface area (Å²) in [6.07, 6.45) is -0.120. The van der Waals surface area contributed by atoms with Gasteiger partial charge in [-0.25, -0.2) is 0 Å². The SMILES string of the molecule is COc1ccc(N2CCN(CC(=O)N3CCNC(=O)[C@@H]3CC(=O)Nc3ccc(Oc4ccccc4)cc3)CC2)cc1. The maximum Gasteiger partial charge on any atom is 0.243 e. The van der Waals surface area contributed by atoms with E-state index in [1.54, 1.807) is 36.3 Å². The van der Waals surface area contributed by atoms with Crippen molar-refractivity contribution in [2.45, 2.75) is 12.5 Å². The third-order valence-corrected chi connectivity index (χ3v) is 7.32. The summed E-state index contributed by atoms with van der Waals surface area (Å²) in [4.78, 5) is 44.8. The molecule has 1 atom stereocenters. The predicted octanol–water partition coefficient (Wildman–Crippen LogP) is 2.97. The Kier molecular flexibility index (Phi) is 9.00. The molecule has 0 aliphatic carbocycles. The Morgan fingerprint density at radius 1 is 0.854 bits per heavy atom. The highest BCUT2D eigenvalue weighted by Crippen LogP contribution is 2.23. The van der Waals surface area contributed by atoms with E-state index in [-0.39, 0.29) is 30.7 Å². The average Bonchev–Trinajstić information content (AvgIpc) is 3.00. The van der Waals surface area contributed by atoms with Crippen LogP contribution in [0.1, 0.15) is 6.42 Å². The van der Waals surface area contributed by atoms with E-state index in [0.29, 0.717) is 24.5 Å². The van der Waals surface area contributed by atoms with Crippen molar-refractivity contribution in [3.63, 3.8) is 0 Å². The summed E-state index contributed by atoms with van der Waals surface area (Å²) in [5.41, 5.74) is 1.70. The molecule has 3 aromatic carbocycles. The van der Waals surface area contributed by atoms with Gasteiger partial charge in [-0.15, -0.1) is 0 Å². The van der Waals surface area contributed by atoms with Crippen molar-refractivity contribution < 1.29 is 23.9 Å². The number of anilines is 2. The molecule has 0 unspecified atom stereocenters. The monoisotopic (exact) mass is 557 g/mol. The molecule has 2 saturated heterocycles. The fourth-order valence-electron chi connectivity index (χ4n) is 5.07. The van der Waals surface area contributed by atoms with Crippen molar-refractivity contribution in [1.29, 1.82) is 0 Å². The van der Waals surface area contributed by atoms with Crippen molar-refractivity contribution in [1.82, 2.24) is 15.1 Å². The summed E-state index contributed by atoms with van der Waals surface area (Å²) >= 11 is 0. The van der Waals surface area contributed by atoms with Gasteiger partial charge in [0.25, 0.3) is 0 Å². The number of piperazine rings is 2. The van der Waals surface area contributed by atoms with E-state index in [1.807, 2.05) is 54.6 Å². The predicted molar refractivity (Wildman–Crippen MR) is 156 cm³/mol. The first kappa shape index (κ1) is 28.0. The summed E-state index contributed by atoms with van der Waals surface area (Å²) in [5, 5.41) is 5.63. The molecule has 2 heterocycles. The third-order valence-electron chi connectivity index (χ3n) is 7.32. The Balaban J connectivity index is 1.12. The van der Waals surface area contributed by atoms with Crippen LogP contribution in [-0.2, 0) is 14.4 Å². The van der Waals surface area contributed by atoms with Crippen LogP contribution in [-0.4, -0.2) is 86.5 Å². The molecule has 3 amide bonds. The molecule has 0 aromatic heterocycles. The highest BCUT2D eigenvalue weighted by Gasteiger charge is 2.35. The first-order valence-electron chi connectivity index (χ1n) is 13.8. The van der Waals surface area contributed by atoms with Crippen LogP contribution in [0, 0.1) is 0 Å². The lowest BCUT2D eigenvalue weighted by Gasteiger charge is -2.39. The number of hydrogen-bond donors (Lipinski definition) is 2. The minimum absolute atomic E-state index is 0.120. The molecule has 0 radical (unpaired) electrons. The van der Waals surface area contributed by atoms with Crippen molar-refractivity contribution in [2.75, 3.05) is 63.1 Å². The molecule has 5 rings (SSSR count). The van der Waals surface area contributed by atoms with E-state index in [4.69, 9.17) is 9.47 Å². The number of rotatable bonds is 9. The van der Waals surface area contributed by atoms with Crippen LogP contribution >= 0.6 is 0 Å². The normalized spacial score (nSPS) is 17.5. The van der Waals surface area contributed by atoms with E-state index in [0.717, 1.165) is 43.4 Å². The highest BCUT2D eigenvalue weighted by atomic mass is 16.5. The molecule has 2 N–H and O–H groups in total. The van der Waals surface area contributed by atoms with Gasteiger partial charge in [0.1, 0.15) is 23.3 Å². The summed E-state index contributed by atoms with van der Waals surface area (Å²) in [6.45, 7) is 4.00. The van der Waals surface area contributed by atoms with Gasteiger partial charge >= 0.3 is 0 Å². The minimum atomic E-state index is -0.850. The zero-order valence-corrected chi connectivity index (χ0v) is 23.1. The lowest BCUT2D eigenvalue weighted by Crippen LogP contribution is -2.60. The number of nitrogens with zero attached hydrogens (tertiary/aromatic N) is 3. The molecular formula is C31H35N5O5. The Labute approximate surface area is 239 Å². The zero-order chi connectivity index (χ0) is 28.6. The van der Waals surface area contributed by atoms with Crippen LogP contribution in [0.4, 0.5) is 11.4 Å². The highest BCUT2D eigenvalue weighted by molar-refractivity contribution is 5.97. The fourth-order valence-corrected chi connectivity index (χ4v) is 5.07. The molecule has 41 heavy (non-hydrogen) atoms. The molecule has 0 spiro atoms. The first-order valence-corrected chi connectivity index (χ1v) is 13.8. The average molecular weight is 558 g/mol. The Bertz CT molecular complexity index is 1330. The van der Waals surface area contributed by atoms with Gasteiger partial charge in [0, 0.05) is 50.6 Å². The lowest BCUT2D eigenvalue weighted by molar-refractivity contribution is -0.145. The number of hydrogen-bond acceptors (Lipinski definition) is 7. The second-order valence-electron chi connectivity index (χ2n) is 10.0. The second-order valence-corrected chi connectivity index (χ2v) is 10.0. The van der Waals surface area contributed by atoms with Gasteiger partial charge in [0.2, 0.25) is 17.7 Å². The summed E-state index contributed by atoms with van der Waals surface area (Å²) in [5.74, 6) is 1.39. The molecule has 2 fully saturated rings. The smallest absolute Gasteiger partial charge is 0.243 e. The van der Waals surface area contributed by atoms with Gasteiger partial charge in [-0.3, -0.25) is 19.3 Å². The lowest BCUT2D eigenvalue weighted by atomic mass is 10.1. The molecule has 2 aliphatic rings. The van der Waals surface area contributed by atoms with Crippen LogP contribution in [0.2, 0.25) is 0 Å². The first-order chi connectivity index (χ1) is 20.0. The number of ether oxygens (including phenoxy) is 2. The fraction of sp³-hybridized carbons (Fsp3) is 0.323. The van der Waals surface area contributed by atoms with Crippen LogP contribution in [0.5, 0.6) is 17.2 Å². The van der Waals surface area contributed by atoms with E-state index < -0.39 is 6.04 Å². The van der Waals surface area contributed by atoms with Crippen molar-refractivity contribution in [3.8, 4) is 17.2 Å². The number of carbonyl (C=O) groups is 3. The topological polar surface area (TPSA) is 103 Å². The molecule has 0 saturated carbocycles. The maximum atomic E-state index is 13.3. The van der Waals surface area contributed by atoms with Crippen LogP contribution in [0.25, 0.3) is 0 Å². The van der Waals surface area contributed by atoms with Crippen molar-refractivity contribution >= 4 is 29.1 Å². The van der Waals surface area contributed by atoms with Gasteiger partial charge in [-0.2, -0.15) is 0 Å². The van der Waals surface area contributed by atoms with E-state index in [1.165, 1.54) is 0 Å². The number of para-hydroxylation sites is 1. The molecule has 214 valence electrons. The quantitative estimate of drug-likeness (QED) is 0.417. The number of nitrogens with one attached hydrogen (secondary N) is 2. The van der Waals surface area contributed by atoms with Gasteiger partial charge in [-0.05, 0) is 60.7 Å². The summed E-state index contributed by atoms with van der Waals surface area (Å²) in [7, 11) is 1.65. The Morgan fingerprint density at radius 3 is 2.20 bits per heavy atom.